The number of aryl methyl sites for hydroxylation is 2. The van der Waals surface area contributed by atoms with Crippen molar-refractivity contribution in [2.24, 2.45) is 7.05 Å². The highest BCUT2D eigenvalue weighted by atomic mass is 32.2. The van der Waals surface area contributed by atoms with Crippen LogP contribution < -0.4 is 9.62 Å². The number of carbonyl (C=O) groups is 1. The summed E-state index contributed by atoms with van der Waals surface area (Å²) in [6.45, 7) is 1.85. The number of anilines is 2. The molecular weight excluding hydrogens is 466 g/mol. The van der Waals surface area contributed by atoms with Crippen molar-refractivity contribution in [3.63, 3.8) is 0 Å². The summed E-state index contributed by atoms with van der Waals surface area (Å²) in [5.74, 6) is -0.507. The van der Waals surface area contributed by atoms with Gasteiger partial charge in [0.2, 0.25) is 10.0 Å². The summed E-state index contributed by atoms with van der Waals surface area (Å²) in [7, 11) is -1.80. The molecule has 12 heteroatoms. The second-order valence-electron chi connectivity index (χ2n) is 7.56. The molecule has 1 N–H and O–H groups in total. The zero-order chi connectivity index (χ0) is 24.6. The first kappa shape index (κ1) is 24.4. The molecule has 176 valence electrons. The second kappa shape index (κ2) is 8.96. The topological polar surface area (TPSA) is 122 Å². The molecule has 0 spiro atoms. The largest absolute Gasteiger partial charge is 0.322 e. The summed E-state index contributed by atoms with van der Waals surface area (Å²) in [6.07, 6.45) is 1.27. The van der Waals surface area contributed by atoms with Crippen LogP contribution in [0.3, 0.4) is 0 Å². The molecule has 1 aromatic heterocycles. The number of nitrogens with one attached hydrogen (secondary N) is 1. The van der Waals surface area contributed by atoms with Crippen molar-refractivity contribution < 1.29 is 21.6 Å². The molecule has 0 atom stereocenters. The predicted molar refractivity (Wildman–Crippen MR) is 125 cm³/mol. The van der Waals surface area contributed by atoms with E-state index in [1.165, 1.54) is 75.5 Å². The molecule has 2 aromatic carbocycles. The highest BCUT2D eigenvalue weighted by Gasteiger charge is 2.28. The van der Waals surface area contributed by atoms with Gasteiger partial charge in [0.25, 0.3) is 15.9 Å². The van der Waals surface area contributed by atoms with Gasteiger partial charge in [-0.25, -0.2) is 21.1 Å². The Morgan fingerprint density at radius 1 is 0.879 bits per heavy atom. The fourth-order valence-corrected chi connectivity index (χ4v) is 5.21. The van der Waals surface area contributed by atoms with Gasteiger partial charge in [-0.2, -0.15) is 5.10 Å². The van der Waals surface area contributed by atoms with Crippen LogP contribution in [0.2, 0.25) is 0 Å². The van der Waals surface area contributed by atoms with E-state index in [2.05, 4.69) is 10.4 Å². The Labute approximate surface area is 193 Å². The summed E-state index contributed by atoms with van der Waals surface area (Å²) in [4.78, 5) is 13.1. The zero-order valence-electron chi connectivity index (χ0n) is 18.8. The minimum atomic E-state index is -3.94. The summed E-state index contributed by atoms with van der Waals surface area (Å²) in [5.41, 5.74) is 1.30. The standard InChI is InChI=1S/C21H25N5O5S2/c1-15-6-10-18(11-7-15)33(30,31)26(5)21-19(14-22-25(21)4)20(27)23-16-8-12-17(13-9-16)32(28,29)24(2)3/h6-14H,1-5H3,(H,23,27). The lowest BCUT2D eigenvalue weighted by atomic mass is 10.2. The Hall–Kier alpha value is -3.22. The van der Waals surface area contributed by atoms with Gasteiger partial charge in [0.05, 0.1) is 16.0 Å². The number of aromatic nitrogens is 2. The van der Waals surface area contributed by atoms with Crippen molar-refractivity contribution in [2.75, 3.05) is 30.8 Å². The molecule has 3 rings (SSSR count). The third-order valence-electron chi connectivity index (χ3n) is 5.02. The Morgan fingerprint density at radius 2 is 1.39 bits per heavy atom. The van der Waals surface area contributed by atoms with Crippen LogP contribution in [-0.2, 0) is 27.1 Å². The number of rotatable bonds is 7. The molecule has 0 radical (unpaired) electrons. The molecule has 0 aliphatic rings. The van der Waals surface area contributed by atoms with E-state index >= 15 is 0 Å². The zero-order valence-corrected chi connectivity index (χ0v) is 20.5. The highest BCUT2D eigenvalue weighted by Crippen LogP contribution is 2.26. The van der Waals surface area contributed by atoms with Crippen LogP contribution in [0.1, 0.15) is 15.9 Å². The summed E-state index contributed by atoms with van der Waals surface area (Å²) in [5, 5.41) is 6.70. The van der Waals surface area contributed by atoms with Crippen molar-refractivity contribution in [1.29, 1.82) is 0 Å². The normalized spacial score (nSPS) is 12.1. The minimum absolute atomic E-state index is 0.0423. The molecule has 0 saturated carbocycles. The van der Waals surface area contributed by atoms with E-state index in [0.717, 1.165) is 14.2 Å². The molecular formula is C21H25N5O5S2. The first-order valence-corrected chi connectivity index (χ1v) is 12.6. The number of benzene rings is 2. The summed E-state index contributed by atoms with van der Waals surface area (Å²) < 4.78 is 54.0. The third-order valence-corrected chi connectivity index (χ3v) is 8.61. The maximum atomic E-state index is 13.1. The van der Waals surface area contributed by atoms with E-state index in [4.69, 9.17) is 0 Å². The van der Waals surface area contributed by atoms with Crippen molar-refractivity contribution in [1.82, 2.24) is 14.1 Å². The van der Waals surface area contributed by atoms with Crippen LogP contribution in [0.25, 0.3) is 0 Å². The molecule has 0 saturated heterocycles. The van der Waals surface area contributed by atoms with Gasteiger partial charge < -0.3 is 5.32 Å². The van der Waals surface area contributed by atoms with Gasteiger partial charge in [-0.1, -0.05) is 17.7 Å². The van der Waals surface area contributed by atoms with Crippen molar-refractivity contribution >= 4 is 37.5 Å². The lowest BCUT2D eigenvalue weighted by molar-refractivity contribution is 0.102. The Balaban J connectivity index is 1.89. The molecule has 0 aliphatic carbocycles. The number of nitrogens with zero attached hydrogens (tertiary/aromatic N) is 4. The Kier molecular flexibility index (Phi) is 6.63. The van der Waals surface area contributed by atoms with Crippen LogP contribution in [0.4, 0.5) is 11.5 Å². The predicted octanol–water partition coefficient (Wildman–Crippen LogP) is 2.06. The van der Waals surface area contributed by atoms with Gasteiger partial charge in [0.1, 0.15) is 5.56 Å². The number of sulfonamides is 2. The second-order valence-corrected chi connectivity index (χ2v) is 11.7. The maximum absolute atomic E-state index is 13.1. The van der Waals surface area contributed by atoms with Crippen LogP contribution >= 0.6 is 0 Å². The van der Waals surface area contributed by atoms with Gasteiger partial charge >= 0.3 is 0 Å². The van der Waals surface area contributed by atoms with Gasteiger partial charge in [-0.15, -0.1) is 0 Å². The van der Waals surface area contributed by atoms with E-state index in [1.807, 2.05) is 6.92 Å². The molecule has 0 unspecified atom stereocenters. The summed E-state index contributed by atoms with van der Waals surface area (Å²) >= 11 is 0. The van der Waals surface area contributed by atoms with Crippen LogP contribution in [0.5, 0.6) is 0 Å². The van der Waals surface area contributed by atoms with Crippen molar-refractivity contribution in [3.05, 3.63) is 65.9 Å². The van der Waals surface area contributed by atoms with Gasteiger partial charge in [0.15, 0.2) is 5.82 Å². The number of hydrogen-bond acceptors (Lipinski definition) is 6. The fraction of sp³-hybridized carbons (Fsp3) is 0.238. The monoisotopic (exact) mass is 491 g/mol. The van der Waals surface area contributed by atoms with Gasteiger partial charge in [-0.3, -0.25) is 13.8 Å². The van der Waals surface area contributed by atoms with E-state index in [9.17, 15) is 21.6 Å². The SMILES string of the molecule is Cc1ccc(S(=O)(=O)N(C)c2c(C(=O)Nc3ccc(S(=O)(=O)N(C)C)cc3)cnn2C)cc1. The minimum Gasteiger partial charge on any atom is -0.322 e. The highest BCUT2D eigenvalue weighted by molar-refractivity contribution is 7.92. The van der Waals surface area contributed by atoms with Crippen molar-refractivity contribution in [3.8, 4) is 0 Å². The molecule has 0 fully saturated rings. The molecule has 0 bridgehead atoms. The van der Waals surface area contributed by atoms with Crippen LogP contribution in [0, 0.1) is 6.92 Å². The number of hydrogen-bond donors (Lipinski definition) is 1. The third kappa shape index (κ3) is 4.77. The molecule has 1 amide bonds. The van der Waals surface area contributed by atoms with Crippen molar-refractivity contribution in [2.45, 2.75) is 16.7 Å². The average molecular weight is 492 g/mol. The van der Waals surface area contributed by atoms with Crippen LogP contribution in [0.15, 0.2) is 64.5 Å². The van der Waals surface area contributed by atoms with Gasteiger partial charge in [0, 0.05) is 33.9 Å². The van der Waals surface area contributed by atoms with E-state index in [1.54, 1.807) is 12.1 Å². The first-order chi connectivity index (χ1) is 15.4. The fourth-order valence-electron chi connectivity index (χ4n) is 3.07. The first-order valence-electron chi connectivity index (χ1n) is 9.77. The number of amides is 1. The average Bonchev–Trinajstić information content (AvgIpc) is 3.15. The molecule has 10 nitrogen and oxygen atoms in total. The quantitative estimate of drug-likeness (QED) is 0.540. The molecule has 3 aromatic rings. The maximum Gasteiger partial charge on any atom is 0.265 e. The van der Waals surface area contributed by atoms with Gasteiger partial charge in [-0.05, 0) is 43.3 Å². The molecule has 1 heterocycles. The Morgan fingerprint density at radius 3 is 1.94 bits per heavy atom. The molecule has 33 heavy (non-hydrogen) atoms. The van der Waals surface area contributed by atoms with Crippen LogP contribution in [-0.4, -0.2) is 58.0 Å². The summed E-state index contributed by atoms with van der Waals surface area (Å²) in [6, 6.07) is 12.1. The number of carbonyl (C=O) groups excluding carboxylic acids is 1. The lowest BCUT2D eigenvalue weighted by Gasteiger charge is -2.21. The van der Waals surface area contributed by atoms with E-state index in [0.29, 0.717) is 5.69 Å². The lowest BCUT2D eigenvalue weighted by Crippen LogP contribution is -2.30. The van der Waals surface area contributed by atoms with E-state index in [-0.39, 0.29) is 21.2 Å². The van der Waals surface area contributed by atoms with E-state index < -0.39 is 26.0 Å². The molecule has 0 aliphatic heterocycles. The smallest absolute Gasteiger partial charge is 0.265 e. The Bertz CT molecular complexity index is 1380.